The van der Waals surface area contributed by atoms with Gasteiger partial charge in [0.25, 0.3) is 0 Å². The van der Waals surface area contributed by atoms with Crippen molar-refractivity contribution in [3.05, 3.63) is 35.1 Å². The number of hydrogen-bond donors (Lipinski definition) is 2. The van der Waals surface area contributed by atoms with Gasteiger partial charge < -0.3 is 5.73 Å². The van der Waals surface area contributed by atoms with Crippen molar-refractivity contribution in [2.24, 2.45) is 5.73 Å². The number of hydrogen-bond acceptors (Lipinski definition) is 3. The summed E-state index contributed by atoms with van der Waals surface area (Å²) >= 11 is 6.02. The van der Waals surface area contributed by atoms with E-state index in [-0.39, 0.29) is 6.04 Å². The number of H-pyrrole nitrogens is 1. The maximum atomic E-state index is 6.02. The molecule has 0 saturated heterocycles. The van der Waals surface area contributed by atoms with E-state index in [0.717, 1.165) is 5.56 Å². The van der Waals surface area contributed by atoms with E-state index >= 15 is 0 Å². The minimum absolute atomic E-state index is 0.159. The molecule has 3 N–H and O–H groups in total. The molecule has 1 aromatic carbocycles. The molecule has 0 spiro atoms. The average Bonchev–Trinajstić information content (AvgIpc) is 2.67. The molecule has 0 unspecified atom stereocenters. The van der Waals surface area contributed by atoms with Gasteiger partial charge in [0.2, 0.25) is 0 Å². The minimum Gasteiger partial charge on any atom is -0.322 e. The van der Waals surface area contributed by atoms with Crippen molar-refractivity contribution in [1.29, 1.82) is 0 Å². The summed E-state index contributed by atoms with van der Waals surface area (Å²) in [6.07, 6.45) is 0. The summed E-state index contributed by atoms with van der Waals surface area (Å²) in [5, 5.41) is 7.49. The maximum Gasteiger partial charge on any atom is 0.182 e. The van der Waals surface area contributed by atoms with Gasteiger partial charge in [-0.05, 0) is 19.1 Å². The molecule has 78 valence electrons. The van der Waals surface area contributed by atoms with Crippen LogP contribution >= 0.6 is 11.6 Å². The molecule has 1 atom stereocenters. The summed E-state index contributed by atoms with van der Waals surface area (Å²) in [5.41, 5.74) is 6.48. The molecule has 4 nitrogen and oxygen atoms in total. The second kappa shape index (κ2) is 4.00. The van der Waals surface area contributed by atoms with Gasteiger partial charge in [0.1, 0.15) is 5.82 Å². The van der Waals surface area contributed by atoms with Crippen LogP contribution in [-0.4, -0.2) is 15.2 Å². The van der Waals surface area contributed by atoms with Gasteiger partial charge in [-0.25, -0.2) is 4.98 Å². The Morgan fingerprint density at radius 3 is 2.73 bits per heavy atom. The van der Waals surface area contributed by atoms with Gasteiger partial charge in [-0.3, -0.25) is 5.10 Å². The summed E-state index contributed by atoms with van der Waals surface area (Å²) in [7, 11) is 0. The monoisotopic (exact) mass is 222 g/mol. The third kappa shape index (κ3) is 2.00. The number of nitrogens with zero attached hydrogens (tertiary/aromatic N) is 2. The van der Waals surface area contributed by atoms with Crippen molar-refractivity contribution >= 4 is 11.6 Å². The van der Waals surface area contributed by atoms with Gasteiger partial charge >= 0.3 is 0 Å². The van der Waals surface area contributed by atoms with E-state index in [9.17, 15) is 0 Å². The van der Waals surface area contributed by atoms with Gasteiger partial charge in [-0.15, -0.1) is 0 Å². The molecule has 2 aromatic rings. The first-order valence-corrected chi connectivity index (χ1v) is 4.99. The Hall–Kier alpha value is -1.39. The van der Waals surface area contributed by atoms with Gasteiger partial charge in [0.05, 0.1) is 11.1 Å². The Morgan fingerprint density at radius 2 is 2.13 bits per heavy atom. The fraction of sp³-hybridized carbons (Fsp3) is 0.200. The highest BCUT2D eigenvalue weighted by Gasteiger charge is 2.10. The number of nitrogens with two attached hydrogens (primary N) is 1. The molecule has 0 saturated carbocycles. The van der Waals surface area contributed by atoms with E-state index in [1.165, 1.54) is 0 Å². The van der Waals surface area contributed by atoms with Crippen LogP contribution < -0.4 is 5.73 Å². The fourth-order valence-electron chi connectivity index (χ4n) is 1.24. The standard InChI is InChI=1S/C10H11ClN4/c1-6(12)9-13-10(15-14-9)7-4-2-3-5-8(7)11/h2-6H,12H2,1H3,(H,13,14,15)/t6-/m1/s1. The molecule has 0 aliphatic carbocycles. The van der Waals surface area contributed by atoms with Crippen LogP contribution in [-0.2, 0) is 0 Å². The van der Waals surface area contributed by atoms with E-state index in [1.807, 2.05) is 25.1 Å². The lowest BCUT2D eigenvalue weighted by molar-refractivity contribution is 0.745. The van der Waals surface area contributed by atoms with Crippen LogP contribution in [0.3, 0.4) is 0 Å². The molecule has 2 rings (SSSR count). The topological polar surface area (TPSA) is 67.6 Å². The molecule has 15 heavy (non-hydrogen) atoms. The summed E-state index contributed by atoms with van der Waals surface area (Å²) < 4.78 is 0. The van der Waals surface area contributed by atoms with Crippen molar-refractivity contribution in [1.82, 2.24) is 15.2 Å². The lowest BCUT2D eigenvalue weighted by atomic mass is 10.2. The van der Waals surface area contributed by atoms with Crippen LogP contribution in [0.1, 0.15) is 18.8 Å². The zero-order chi connectivity index (χ0) is 10.8. The fourth-order valence-corrected chi connectivity index (χ4v) is 1.46. The molecule has 5 heteroatoms. The molecule has 0 bridgehead atoms. The predicted octanol–water partition coefficient (Wildman–Crippen LogP) is 2.14. The van der Waals surface area contributed by atoms with Crippen molar-refractivity contribution < 1.29 is 0 Å². The highest BCUT2D eigenvalue weighted by atomic mass is 35.5. The average molecular weight is 223 g/mol. The van der Waals surface area contributed by atoms with Gasteiger partial charge in [0, 0.05) is 5.56 Å². The molecule has 0 fully saturated rings. The smallest absolute Gasteiger partial charge is 0.182 e. The van der Waals surface area contributed by atoms with Crippen LogP contribution in [0, 0.1) is 0 Å². The largest absolute Gasteiger partial charge is 0.322 e. The quantitative estimate of drug-likeness (QED) is 0.818. The Kier molecular flexibility index (Phi) is 2.70. The maximum absolute atomic E-state index is 6.02. The molecule has 0 aliphatic rings. The van der Waals surface area contributed by atoms with Crippen molar-refractivity contribution in [2.45, 2.75) is 13.0 Å². The lowest BCUT2D eigenvalue weighted by Gasteiger charge is -1.98. The lowest BCUT2D eigenvalue weighted by Crippen LogP contribution is -2.06. The Labute approximate surface area is 92.5 Å². The molecule has 0 amide bonds. The summed E-state index contributed by atoms with van der Waals surface area (Å²) in [6.45, 7) is 1.84. The number of aromatic nitrogens is 3. The van der Waals surface area contributed by atoms with Crippen molar-refractivity contribution in [3.8, 4) is 11.4 Å². The van der Waals surface area contributed by atoms with E-state index in [1.54, 1.807) is 6.07 Å². The van der Waals surface area contributed by atoms with Crippen molar-refractivity contribution in [3.63, 3.8) is 0 Å². The summed E-state index contributed by atoms with van der Waals surface area (Å²) in [4.78, 5) is 4.26. The van der Waals surface area contributed by atoms with Crippen LogP contribution in [0.4, 0.5) is 0 Å². The van der Waals surface area contributed by atoms with Gasteiger partial charge in [-0.1, -0.05) is 23.7 Å². The number of benzene rings is 1. The first-order chi connectivity index (χ1) is 7.18. The van der Waals surface area contributed by atoms with Crippen molar-refractivity contribution in [2.75, 3.05) is 0 Å². The van der Waals surface area contributed by atoms with E-state index < -0.39 is 0 Å². The second-order valence-electron chi connectivity index (χ2n) is 3.31. The van der Waals surface area contributed by atoms with E-state index in [2.05, 4.69) is 15.2 Å². The number of halogens is 1. The second-order valence-corrected chi connectivity index (χ2v) is 3.72. The molecule has 0 aliphatic heterocycles. The Morgan fingerprint density at radius 1 is 1.40 bits per heavy atom. The number of nitrogens with one attached hydrogen (secondary N) is 1. The van der Waals surface area contributed by atoms with E-state index in [0.29, 0.717) is 16.7 Å². The normalized spacial score (nSPS) is 12.7. The summed E-state index contributed by atoms with van der Waals surface area (Å²) in [6, 6.07) is 7.28. The highest BCUT2D eigenvalue weighted by molar-refractivity contribution is 6.33. The molecule has 1 heterocycles. The molecular weight excluding hydrogens is 212 g/mol. The SMILES string of the molecule is C[C@@H](N)c1nc(-c2ccccc2Cl)n[nH]1. The van der Waals surface area contributed by atoms with Gasteiger partial charge in [0.15, 0.2) is 5.82 Å². The molecular formula is C10H11ClN4. The molecule has 0 radical (unpaired) electrons. The Bertz CT molecular complexity index is 464. The predicted molar refractivity (Wildman–Crippen MR) is 59.4 cm³/mol. The van der Waals surface area contributed by atoms with Crippen LogP contribution in [0.2, 0.25) is 5.02 Å². The van der Waals surface area contributed by atoms with E-state index in [4.69, 9.17) is 17.3 Å². The third-order valence-electron chi connectivity index (χ3n) is 2.05. The zero-order valence-corrected chi connectivity index (χ0v) is 8.99. The molecule has 1 aromatic heterocycles. The first-order valence-electron chi connectivity index (χ1n) is 4.61. The van der Waals surface area contributed by atoms with Crippen LogP contribution in [0.5, 0.6) is 0 Å². The van der Waals surface area contributed by atoms with Gasteiger partial charge in [-0.2, -0.15) is 5.10 Å². The highest BCUT2D eigenvalue weighted by Crippen LogP contribution is 2.24. The van der Waals surface area contributed by atoms with Crippen LogP contribution in [0.15, 0.2) is 24.3 Å². The number of rotatable bonds is 2. The van der Waals surface area contributed by atoms with Crippen LogP contribution in [0.25, 0.3) is 11.4 Å². The zero-order valence-electron chi connectivity index (χ0n) is 8.24. The number of aromatic amines is 1. The third-order valence-corrected chi connectivity index (χ3v) is 2.38. The minimum atomic E-state index is -0.159. The Balaban J connectivity index is 2.42. The summed E-state index contributed by atoms with van der Waals surface area (Å²) in [5.74, 6) is 1.23. The first kappa shape index (κ1) is 10.1.